The van der Waals surface area contributed by atoms with Crippen molar-refractivity contribution in [1.82, 2.24) is 9.97 Å². The van der Waals surface area contributed by atoms with Gasteiger partial charge in [0.15, 0.2) is 11.6 Å². The Morgan fingerprint density at radius 1 is 0.821 bits per heavy atom. The highest BCUT2D eigenvalue weighted by Crippen LogP contribution is 2.26. The molecule has 4 rings (SSSR count). The van der Waals surface area contributed by atoms with E-state index in [1.165, 1.54) is 0 Å². The molecule has 0 aliphatic heterocycles. The zero-order valence-corrected chi connectivity index (χ0v) is 16.7. The molecule has 0 unspecified atom stereocenters. The number of hydrogen-bond donors (Lipinski definition) is 1. The Balaban J connectivity index is 1.71. The molecule has 0 amide bonds. The second-order valence-electron chi connectivity index (χ2n) is 5.96. The number of aromatic nitrogens is 2. The molecule has 0 spiro atoms. The first-order valence-electron chi connectivity index (χ1n) is 8.37. The lowest BCUT2D eigenvalue weighted by atomic mass is 10.2. The van der Waals surface area contributed by atoms with Crippen LogP contribution in [-0.4, -0.2) is 16.2 Å². The van der Waals surface area contributed by atoms with Gasteiger partial charge in [0.1, 0.15) is 0 Å². The molecule has 7 heteroatoms. The average molecular weight is 428 g/mol. The van der Waals surface area contributed by atoms with E-state index in [0.717, 1.165) is 22.0 Å². The lowest BCUT2D eigenvalue weighted by Gasteiger charge is -2.08. The van der Waals surface area contributed by atoms with E-state index in [4.69, 9.17) is 34.8 Å². The van der Waals surface area contributed by atoms with Crippen LogP contribution in [0, 0.1) is 0 Å². The van der Waals surface area contributed by atoms with Crippen LogP contribution in [0.5, 0.6) is 0 Å². The predicted octanol–water partition coefficient (Wildman–Crippen LogP) is 6.70. The van der Waals surface area contributed by atoms with Gasteiger partial charge in [0.2, 0.25) is 0 Å². The molecule has 0 bridgehead atoms. The van der Waals surface area contributed by atoms with Crippen LogP contribution in [0.4, 0.5) is 5.82 Å². The largest absolute Gasteiger partial charge is 0.261 e. The number of benzene rings is 3. The number of hydrogen-bond acceptors (Lipinski definition) is 4. The molecule has 1 heterocycles. The highest BCUT2D eigenvalue weighted by atomic mass is 35.5. The first-order valence-corrected chi connectivity index (χ1v) is 9.50. The predicted molar refractivity (Wildman–Crippen MR) is 118 cm³/mol. The van der Waals surface area contributed by atoms with Gasteiger partial charge < -0.3 is 0 Å². The van der Waals surface area contributed by atoms with Crippen molar-refractivity contribution in [2.45, 2.75) is 0 Å². The summed E-state index contributed by atoms with van der Waals surface area (Å²) < 4.78 is 0. The van der Waals surface area contributed by atoms with Crippen LogP contribution in [0.25, 0.3) is 22.3 Å². The Labute approximate surface area is 176 Å². The third-order valence-electron chi connectivity index (χ3n) is 4.04. The Hall–Kier alpha value is -2.66. The van der Waals surface area contributed by atoms with E-state index in [-0.39, 0.29) is 0 Å². The van der Waals surface area contributed by atoms with E-state index in [1.807, 2.05) is 48.5 Å². The van der Waals surface area contributed by atoms with E-state index < -0.39 is 0 Å². The summed E-state index contributed by atoms with van der Waals surface area (Å²) in [5, 5.41) is 6.90. The van der Waals surface area contributed by atoms with Gasteiger partial charge in [0, 0.05) is 26.6 Å². The molecule has 138 valence electrons. The number of nitrogens with one attached hydrogen (secondary N) is 1. The summed E-state index contributed by atoms with van der Waals surface area (Å²) >= 11 is 18.1. The first-order chi connectivity index (χ1) is 13.6. The van der Waals surface area contributed by atoms with Gasteiger partial charge in [0.05, 0.1) is 16.8 Å². The molecule has 4 aromatic rings. The Kier molecular flexibility index (Phi) is 5.44. The molecule has 28 heavy (non-hydrogen) atoms. The average Bonchev–Trinajstić information content (AvgIpc) is 2.70. The van der Waals surface area contributed by atoms with Crippen LogP contribution in [0.3, 0.4) is 0 Å². The van der Waals surface area contributed by atoms with E-state index >= 15 is 0 Å². The van der Waals surface area contributed by atoms with Gasteiger partial charge in [-0.15, -0.1) is 0 Å². The van der Waals surface area contributed by atoms with Gasteiger partial charge in [-0.2, -0.15) is 5.10 Å². The summed E-state index contributed by atoms with van der Waals surface area (Å²) in [6.07, 6.45) is 1.62. The highest BCUT2D eigenvalue weighted by Gasteiger charge is 2.09. The van der Waals surface area contributed by atoms with Gasteiger partial charge >= 0.3 is 0 Å². The van der Waals surface area contributed by atoms with E-state index in [2.05, 4.69) is 20.5 Å². The standard InChI is InChI=1S/C21H13Cl3N4/c22-15-8-5-13(6-9-15)20-26-19-4-2-1-3-17(19)21(27-20)28-25-12-14-7-10-16(23)11-18(14)24/h1-12H,(H,26,27,28)/b25-12+. The first kappa shape index (κ1) is 18.7. The maximum absolute atomic E-state index is 6.18. The second kappa shape index (κ2) is 8.15. The molecule has 0 fully saturated rings. The Bertz CT molecular complexity index is 1170. The molecule has 0 aliphatic rings. The third-order valence-corrected chi connectivity index (χ3v) is 4.86. The summed E-state index contributed by atoms with van der Waals surface area (Å²) in [5.74, 6) is 1.18. The lowest BCUT2D eigenvalue weighted by molar-refractivity contribution is 1.19. The summed E-state index contributed by atoms with van der Waals surface area (Å²) in [6.45, 7) is 0. The molecule has 3 aromatic carbocycles. The fourth-order valence-corrected chi connectivity index (χ4v) is 3.24. The van der Waals surface area contributed by atoms with Gasteiger partial charge in [-0.25, -0.2) is 9.97 Å². The fourth-order valence-electron chi connectivity index (χ4n) is 2.66. The maximum Gasteiger partial charge on any atom is 0.162 e. The quantitative estimate of drug-likeness (QED) is 0.291. The number of hydrazone groups is 1. The molecule has 0 aliphatic carbocycles. The number of rotatable bonds is 4. The molecular weight excluding hydrogens is 415 g/mol. The molecule has 0 radical (unpaired) electrons. The lowest BCUT2D eigenvalue weighted by Crippen LogP contribution is -1.99. The minimum Gasteiger partial charge on any atom is -0.261 e. The van der Waals surface area contributed by atoms with Crippen LogP contribution < -0.4 is 5.43 Å². The van der Waals surface area contributed by atoms with Gasteiger partial charge in [0.25, 0.3) is 0 Å². The van der Waals surface area contributed by atoms with Crippen molar-refractivity contribution in [2.75, 3.05) is 5.43 Å². The van der Waals surface area contributed by atoms with Crippen molar-refractivity contribution in [3.8, 4) is 11.4 Å². The van der Waals surface area contributed by atoms with Crippen molar-refractivity contribution >= 4 is 57.7 Å². The number of halogens is 3. The minimum atomic E-state index is 0.521. The third kappa shape index (κ3) is 4.09. The number of nitrogens with zero attached hydrogens (tertiary/aromatic N) is 3. The maximum atomic E-state index is 6.18. The monoisotopic (exact) mass is 426 g/mol. The summed E-state index contributed by atoms with van der Waals surface area (Å²) in [5.41, 5.74) is 5.42. The van der Waals surface area contributed by atoms with Crippen molar-refractivity contribution in [1.29, 1.82) is 0 Å². The van der Waals surface area contributed by atoms with Crippen LogP contribution in [0.15, 0.2) is 71.8 Å². The topological polar surface area (TPSA) is 50.2 Å². The number of anilines is 1. The smallest absolute Gasteiger partial charge is 0.162 e. The molecule has 0 saturated heterocycles. The fraction of sp³-hybridized carbons (Fsp3) is 0. The summed E-state index contributed by atoms with van der Waals surface area (Å²) in [6, 6.07) is 20.3. The van der Waals surface area contributed by atoms with Crippen molar-refractivity contribution in [3.63, 3.8) is 0 Å². The van der Waals surface area contributed by atoms with Crippen LogP contribution in [0.2, 0.25) is 15.1 Å². The van der Waals surface area contributed by atoms with Crippen LogP contribution in [0.1, 0.15) is 5.56 Å². The van der Waals surface area contributed by atoms with E-state index in [9.17, 15) is 0 Å². The molecule has 1 aromatic heterocycles. The number of para-hydroxylation sites is 1. The van der Waals surface area contributed by atoms with Gasteiger partial charge in [-0.1, -0.05) is 53.0 Å². The minimum absolute atomic E-state index is 0.521. The van der Waals surface area contributed by atoms with Crippen molar-refractivity contribution < 1.29 is 0 Å². The van der Waals surface area contributed by atoms with Gasteiger partial charge in [-0.3, -0.25) is 5.43 Å². The van der Waals surface area contributed by atoms with Crippen LogP contribution >= 0.6 is 34.8 Å². The molecule has 1 N–H and O–H groups in total. The molecule has 0 saturated carbocycles. The number of fused-ring (bicyclic) bond motifs is 1. The molecule has 4 nitrogen and oxygen atoms in total. The van der Waals surface area contributed by atoms with Gasteiger partial charge in [-0.05, 0) is 48.5 Å². The SMILES string of the molecule is Clc1ccc(-c2nc(N/N=C/c3ccc(Cl)cc3Cl)c3ccccc3n2)cc1. The van der Waals surface area contributed by atoms with E-state index in [1.54, 1.807) is 24.4 Å². The zero-order valence-electron chi connectivity index (χ0n) is 14.4. The zero-order chi connectivity index (χ0) is 19.5. The van der Waals surface area contributed by atoms with Crippen molar-refractivity contribution in [3.05, 3.63) is 87.4 Å². The summed E-state index contributed by atoms with van der Waals surface area (Å²) in [4.78, 5) is 9.28. The van der Waals surface area contributed by atoms with Crippen LogP contribution in [-0.2, 0) is 0 Å². The van der Waals surface area contributed by atoms with Crippen molar-refractivity contribution in [2.24, 2.45) is 5.10 Å². The summed E-state index contributed by atoms with van der Waals surface area (Å²) in [7, 11) is 0. The Morgan fingerprint density at radius 3 is 2.36 bits per heavy atom. The highest BCUT2D eigenvalue weighted by molar-refractivity contribution is 6.36. The normalized spacial score (nSPS) is 11.2. The molecule has 0 atom stereocenters. The second-order valence-corrected chi connectivity index (χ2v) is 7.24. The Morgan fingerprint density at radius 2 is 1.57 bits per heavy atom. The van der Waals surface area contributed by atoms with E-state index in [0.29, 0.717) is 26.7 Å². The molecular formula is C21H13Cl3N4.